The molecular formula is C22H20N4O4S. The van der Waals surface area contributed by atoms with Gasteiger partial charge in [0.15, 0.2) is 16.5 Å². The standard InChI is InChI=1S/C22H20N4O4S/c23-14-3-1-2-4-15(14)24-21(30)22-25-16-9-10-26(12-19(16)31-22)20(29)8-6-13-5-7-17(27)18(28)11-13/h1-8,11,27-28H,9-10,12,23H2,(H,24,30). The van der Waals surface area contributed by atoms with Crippen molar-refractivity contribution in [3.63, 3.8) is 0 Å². The van der Waals surface area contributed by atoms with Crippen LogP contribution in [0.1, 0.15) is 25.9 Å². The van der Waals surface area contributed by atoms with Crippen LogP contribution in [-0.4, -0.2) is 38.5 Å². The molecule has 5 N–H and O–H groups in total. The van der Waals surface area contributed by atoms with Gasteiger partial charge in [-0.25, -0.2) is 4.98 Å². The van der Waals surface area contributed by atoms with Gasteiger partial charge in [-0.1, -0.05) is 18.2 Å². The molecule has 158 valence electrons. The van der Waals surface area contributed by atoms with Gasteiger partial charge in [-0.3, -0.25) is 9.59 Å². The van der Waals surface area contributed by atoms with Gasteiger partial charge in [0.25, 0.3) is 5.91 Å². The fraction of sp³-hybridized carbons (Fsp3) is 0.136. The summed E-state index contributed by atoms with van der Waals surface area (Å²) in [6.07, 6.45) is 3.56. The number of benzene rings is 2. The van der Waals surface area contributed by atoms with Crippen molar-refractivity contribution in [2.45, 2.75) is 13.0 Å². The second-order valence-electron chi connectivity index (χ2n) is 7.02. The number of hydrogen-bond acceptors (Lipinski definition) is 7. The molecule has 4 rings (SSSR count). The molecule has 1 aliphatic heterocycles. The number of aromatic nitrogens is 1. The number of hydrogen-bond donors (Lipinski definition) is 4. The lowest BCUT2D eigenvalue weighted by Gasteiger charge is -2.24. The Labute approximate surface area is 182 Å². The van der Waals surface area contributed by atoms with Crippen LogP contribution in [-0.2, 0) is 17.8 Å². The maximum atomic E-state index is 12.6. The first-order valence-corrected chi connectivity index (χ1v) is 10.4. The highest BCUT2D eigenvalue weighted by Gasteiger charge is 2.25. The molecule has 2 heterocycles. The minimum absolute atomic E-state index is 0.185. The fourth-order valence-electron chi connectivity index (χ4n) is 3.18. The minimum Gasteiger partial charge on any atom is -0.504 e. The topological polar surface area (TPSA) is 129 Å². The highest BCUT2D eigenvalue weighted by atomic mass is 32.1. The van der Waals surface area contributed by atoms with Crippen molar-refractivity contribution >= 4 is 40.6 Å². The molecule has 0 spiro atoms. The molecule has 1 aliphatic rings. The van der Waals surface area contributed by atoms with Gasteiger partial charge in [0.05, 0.1) is 23.6 Å². The van der Waals surface area contributed by atoms with Gasteiger partial charge in [0.1, 0.15) is 0 Å². The van der Waals surface area contributed by atoms with E-state index in [1.54, 1.807) is 41.3 Å². The first kappa shape index (κ1) is 20.4. The summed E-state index contributed by atoms with van der Waals surface area (Å²) in [6.45, 7) is 0.866. The van der Waals surface area contributed by atoms with Crippen LogP contribution in [0.5, 0.6) is 11.5 Å². The molecule has 0 saturated carbocycles. The van der Waals surface area contributed by atoms with E-state index in [1.807, 2.05) is 0 Å². The Kier molecular flexibility index (Phi) is 5.59. The summed E-state index contributed by atoms with van der Waals surface area (Å²) in [6, 6.07) is 11.3. The summed E-state index contributed by atoms with van der Waals surface area (Å²) < 4.78 is 0. The van der Waals surface area contributed by atoms with Gasteiger partial charge in [0.2, 0.25) is 5.91 Å². The summed E-state index contributed by atoms with van der Waals surface area (Å²) in [5.74, 6) is -0.978. The Morgan fingerprint density at radius 1 is 1.16 bits per heavy atom. The van der Waals surface area contributed by atoms with Crippen molar-refractivity contribution in [1.82, 2.24) is 9.88 Å². The number of nitrogens with zero attached hydrogens (tertiary/aromatic N) is 2. The number of aromatic hydroxyl groups is 2. The van der Waals surface area contributed by atoms with Crippen LogP contribution in [0.4, 0.5) is 11.4 Å². The van der Waals surface area contributed by atoms with Crippen LogP contribution < -0.4 is 11.1 Å². The maximum Gasteiger partial charge on any atom is 0.284 e. The SMILES string of the molecule is Nc1ccccc1NC(=O)c1nc2c(s1)CN(C(=O)C=Cc1ccc(O)c(O)c1)CC2. The van der Waals surface area contributed by atoms with Crippen LogP contribution >= 0.6 is 11.3 Å². The van der Waals surface area contributed by atoms with E-state index < -0.39 is 0 Å². The van der Waals surface area contributed by atoms with Gasteiger partial charge < -0.3 is 26.2 Å². The zero-order chi connectivity index (χ0) is 22.0. The molecule has 1 aromatic heterocycles. The number of carbonyl (C=O) groups excluding carboxylic acids is 2. The molecule has 3 aromatic rings. The quantitative estimate of drug-likeness (QED) is 0.283. The van der Waals surface area contributed by atoms with E-state index in [0.29, 0.717) is 41.5 Å². The molecule has 0 fully saturated rings. The zero-order valence-corrected chi connectivity index (χ0v) is 17.2. The Morgan fingerprint density at radius 3 is 2.74 bits per heavy atom. The van der Waals surface area contributed by atoms with Gasteiger partial charge in [-0.15, -0.1) is 11.3 Å². The third-order valence-corrected chi connectivity index (χ3v) is 5.95. The number of rotatable bonds is 4. The number of nitrogen functional groups attached to an aromatic ring is 1. The maximum absolute atomic E-state index is 12.6. The van der Waals surface area contributed by atoms with Crippen LogP contribution in [0.15, 0.2) is 48.5 Å². The normalized spacial score (nSPS) is 13.2. The van der Waals surface area contributed by atoms with Crippen LogP contribution in [0.3, 0.4) is 0 Å². The molecule has 0 aliphatic carbocycles. The van der Waals surface area contributed by atoms with Crippen molar-refractivity contribution < 1.29 is 19.8 Å². The molecule has 0 bridgehead atoms. The summed E-state index contributed by atoms with van der Waals surface area (Å²) in [7, 11) is 0. The van der Waals surface area contributed by atoms with E-state index >= 15 is 0 Å². The third-order valence-electron chi connectivity index (χ3n) is 4.86. The average Bonchev–Trinajstić information content (AvgIpc) is 3.19. The number of thiazole rings is 1. The smallest absolute Gasteiger partial charge is 0.284 e. The Bertz CT molecular complexity index is 1190. The summed E-state index contributed by atoms with van der Waals surface area (Å²) in [5, 5.41) is 22.0. The van der Waals surface area contributed by atoms with Gasteiger partial charge in [-0.05, 0) is 35.9 Å². The van der Waals surface area contributed by atoms with Crippen molar-refractivity contribution in [2.24, 2.45) is 0 Å². The van der Waals surface area contributed by atoms with Gasteiger partial charge in [-0.2, -0.15) is 0 Å². The van der Waals surface area contributed by atoms with Crippen molar-refractivity contribution in [1.29, 1.82) is 0 Å². The number of nitrogens with one attached hydrogen (secondary N) is 1. The number of para-hydroxylation sites is 2. The number of carbonyl (C=O) groups is 2. The third kappa shape index (κ3) is 4.51. The zero-order valence-electron chi connectivity index (χ0n) is 16.4. The number of nitrogens with two attached hydrogens (primary N) is 1. The minimum atomic E-state index is -0.331. The van der Waals surface area contributed by atoms with Gasteiger partial charge in [0, 0.05) is 23.9 Å². The summed E-state index contributed by atoms with van der Waals surface area (Å²) in [5.41, 5.74) is 8.30. The lowest BCUT2D eigenvalue weighted by Crippen LogP contribution is -2.34. The second kappa shape index (κ2) is 8.49. The predicted molar refractivity (Wildman–Crippen MR) is 119 cm³/mol. The fourth-order valence-corrected chi connectivity index (χ4v) is 4.20. The second-order valence-corrected chi connectivity index (χ2v) is 8.11. The molecule has 0 radical (unpaired) electrons. The molecule has 0 unspecified atom stereocenters. The number of amides is 2. The highest BCUT2D eigenvalue weighted by molar-refractivity contribution is 7.13. The predicted octanol–water partition coefficient (Wildman–Crippen LogP) is 2.99. The summed E-state index contributed by atoms with van der Waals surface area (Å²) >= 11 is 1.26. The molecule has 2 amide bonds. The first-order chi connectivity index (χ1) is 14.9. The van der Waals surface area contributed by atoms with Crippen molar-refractivity contribution in [2.75, 3.05) is 17.6 Å². The molecule has 0 atom stereocenters. The van der Waals surface area contributed by atoms with Gasteiger partial charge >= 0.3 is 0 Å². The van der Waals surface area contributed by atoms with Crippen LogP contribution in [0, 0.1) is 0 Å². The monoisotopic (exact) mass is 436 g/mol. The number of phenolic OH excluding ortho intramolecular Hbond substituents is 2. The van der Waals surface area contributed by atoms with E-state index in [4.69, 9.17) is 5.73 Å². The Balaban J connectivity index is 1.43. The Morgan fingerprint density at radius 2 is 1.97 bits per heavy atom. The Hall–Kier alpha value is -3.85. The first-order valence-electron chi connectivity index (χ1n) is 9.54. The highest BCUT2D eigenvalue weighted by Crippen LogP contribution is 2.28. The van der Waals surface area contributed by atoms with Crippen LogP contribution in [0.2, 0.25) is 0 Å². The van der Waals surface area contributed by atoms with Crippen LogP contribution in [0.25, 0.3) is 6.08 Å². The van der Waals surface area contributed by atoms with E-state index in [2.05, 4.69) is 10.3 Å². The van der Waals surface area contributed by atoms with E-state index in [1.165, 1.54) is 29.5 Å². The largest absolute Gasteiger partial charge is 0.504 e. The van der Waals surface area contributed by atoms with E-state index in [9.17, 15) is 19.8 Å². The van der Waals surface area contributed by atoms with E-state index in [0.717, 1.165) is 10.6 Å². The van der Waals surface area contributed by atoms with E-state index in [-0.39, 0.29) is 23.3 Å². The van der Waals surface area contributed by atoms with Crippen molar-refractivity contribution in [3.8, 4) is 11.5 Å². The molecule has 2 aromatic carbocycles. The summed E-state index contributed by atoms with van der Waals surface area (Å²) in [4.78, 5) is 32.1. The molecule has 31 heavy (non-hydrogen) atoms. The number of phenols is 2. The average molecular weight is 436 g/mol. The molecule has 0 saturated heterocycles. The number of anilines is 2. The lowest BCUT2D eigenvalue weighted by atomic mass is 10.1. The lowest BCUT2D eigenvalue weighted by molar-refractivity contribution is -0.126. The molecular weight excluding hydrogens is 416 g/mol. The number of fused-ring (bicyclic) bond motifs is 1. The molecule has 8 nitrogen and oxygen atoms in total. The molecule has 9 heteroatoms. The van der Waals surface area contributed by atoms with Crippen molar-refractivity contribution in [3.05, 3.63) is 69.7 Å².